The lowest BCUT2D eigenvalue weighted by Gasteiger charge is -2.09. The Morgan fingerprint density at radius 3 is 2.59 bits per heavy atom. The van der Waals surface area contributed by atoms with Crippen LogP contribution in [0.3, 0.4) is 0 Å². The Labute approximate surface area is 165 Å². The van der Waals surface area contributed by atoms with Crippen molar-refractivity contribution in [3.63, 3.8) is 0 Å². The van der Waals surface area contributed by atoms with Gasteiger partial charge in [0.25, 0.3) is 0 Å². The van der Waals surface area contributed by atoms with Crippen molar-refractivity contribution in [2.24, 2.45) is 0 Å². The lowest BCUT2D eigenvalue weighted by molar-refractivity contribution is 0.211. The maximum absolute atomic E-state index is 12.2. The number of nitrogens with zero attached hydrogens (tertiary/aromatic N) is 4. The largest absolute Gasteiger partial charge is 0.432 e. The van der Waals surface area contributed by atoms with Crippen LogP contribution in [0, 0.1) is 0 Å². The van der Waals surface area contributed by atoms with E-state index < -0.39 is 15.9 Å². The summed E-state index contributed by atoms with van der Waals surface area (Å²) in [5.74, 6) is 0.634. The molecule has 0 aliphatic heterocycles. The predicted molar refractivity (Wildman–Crippen MR) is 106 cm³/mol. The van der Waals surface area contributed by atoms with Gasteiger partial charge in [-0.2, -0.15) is 0 Å². The molecule has 1 N–H and O–H groups in total. The molecule has 1 aromatic carbocycles. The topological polar surface area (TPSA) is 116 Å². The summed E-state index contributed by atoms with van der Waals surface area (Å²) in [6.45, 7) is 0. The van der Waals surface area contributed by atoms with E-state index in [4.69, 9.17) is 4.74 Å². The van der Waals surface area contributed by atoms with Gasteiger partial charge in [0, 0.05) is 35.8 Å². The molecule has 3 aromatic heterocycles. The summed E-state index contributed by atoms with van der Waals surface area (Å²) < 4.78 is 30.0. The summed E-state index contributed by atoms with van der Waals surface area (Å²) in [5.41, 5.74) is 3.93. The average Bonchev–Trinajstić information content (AvgIpc) is 3.10. The van der Waals surface area contributed by atoms with Crippen LogP contribution in [0.2, 0.25) is 0 Å². The molecule has 0 atom stereocenters. The number of hydrogen-bond donors (Lipinski definition) is 1. The van der Waals surface area contributed by atoms with Crippen molar-refractivity contribution in [1.82, 2.24) is 19.6 Å². The summed E-state index contributed by atoms with van der Waals surface area (Å²) in [4.78, 5) is 24.7. The highest BCUT2D eigenvalue weighted by Crippen LogP contribution is 2.20. The zero-order chi connectivity index (χ0) is 20.4. The minimum Gasteiger partial charge on any atom is -0.406 e. The lowest BCUT2D eigenvalue weighted by atomic mass is 10.2. The molecule has 0 spiro atoms. The number of carbonyl (C=O) groups is 1. The number of sulfone groups is 1. The molecule has 0 saturated carbocycles. The van der Waals surface area contributed by atoms with Crippen LogP contribution in [0.15, 0.2) is 72.3 Å². The second kappa shape index (κ2) is 7.32. The summed E-state index contributed by atoms with van der Waals surface area (Å²) in [5, 5.41) is 0.664. The lowest BCUT2D eigenvalue weighted by Crippen LogP contribution is -2.25. The SMILES string of the molecule is CS(=O)(=O)c1ccc2c(ccn2NC(=O)Oc2cnc(-c3cccnc3)nc2)c1. The second-order valence-electron chi connectivity index (χ2n) is 6.16. The van der Waals surface area contributed by atoms with Gasteiger partial charge in [-0.05, 0) is 36.4 Å². The van der Waals surface area contributed by atoms with Crippen molar-refractivity contribution in [3.05, 3.63) is 67.4 Å². The minimum atomic E-state index is -3.31. The molecule has 0 fully saturated rings. The zero-order valence-corrected chi connectivity index (χ0v) is 16.0. The predicted octanol–water partition coefficient (Wildman–Crippen LogP) is 2.64. The molecule has 146 valence electrons. The molecule has 29 heavy (non-hydrogen) atoms. The molecule has 0 saturated heterocycles. The van der Waals surface area contributed by atoms with Crippen LogP contribution < -0.4 is 10.2 Å². The van der Waals surface area contributed by atoms with Crippen LogP contribution in [0.25, 0.3) is 22.3 Å². The summed E-state index contributed by atoms with van der Waals surface area (Å²) in [6, 6.07) is 9.91. The van der Waals surface area contributed by atoms with Gasteiger partial charge in [0.2, 0.25) is 0 Å². The van der Waals surface area contributed by atoms with Crippen LogP contribution in [0.5, 0.6) is 5.75 Å². The number of hydrogen-bond acceptors (Lipinski definition) is 7. The van der Waals surface area contributed by atoms with Gasteiger partial charge < -0.3 is 4.74 Å². The van der Waals surface area contributed by atoms with E-state index >= 15 is 0 Å². The Balaban J connectivity index is 1.47. The molecular weight excluding hydrogens is 394 g/mol. The number of aromatic nitrogens is 4. The molecule has 0 aliphatic carbocycles. The summed E-state index contributed by atoms with van der Waals surface area (Å²) in [7, 11) is -3.31. The molecule has 0 radical (unpaired) electrons. The van der Waals surface area contributed by atoms with E-state index in [1.54, 1.807) is 42.9 Å². The smallest absolute Gasteiger partial charge is 0.406 e. The fourth-order valence-corrected chi connectivity index (χ4v) is 3.35. The highest BCUT2D eigenvalue weighted by molar-refractivity contribution is 7.90. The van der Waals surface area contributed by atoms with Gasteiger partial charge in [0.15, 0.2) is 21.4 Å². The van der Waals surface area contributed by atoms with Gasteiger partial charge in [-0.25, -0.2) is 28.6 Å². The molecule has 0 aliphatic rings. The fourth-order valence-electron chi connectivity index (χ4n) is 2.69. The van der Waals surface area contributed by atoms with Crippen LogP contribution in [-0.4, -0.2) is 40.4 Å². The number of pyridine rings is 1. The second-order valence-corrected chi connectivity index (χ2v) is 8.18. The fraction of sp³-hybridized carbons (Fsp3) is 0.0526. The highest BCUT2D eigenvalue weighted by Gasteiger charge is 2.12. The number of benzene rings is 1. The van der Waals surface area contributed by atoms with Crippen LogP contribution in [0.1, 0.15) is 0 Å². The number of amides is 1. The molecule has 1 amide bonds. The quantitative estimate of drug-likeness (QED) is 0.551. The van der Waals surface area contributed by atoms with Gasteiger partial charge in [-0.15, -0.1) is 0 Å². The molecule has 9 nitrogen and oxygen atoms in total. The molecule has 4 rings (SSSR count). The average molecular weight is 409 g/mol. The molecule has 0 bridgehead atoms. The zero-order valence-electron chi connectivity index (χ0n) is 15.2. The Bertz CT molecular complexity index is 1290. The first kappa shape index (κ1) is 18.6. The van der Waals surface area contributed by atoms with E-state index in [1.165, 1.54) is 23.1 Å². The van der Waals surface area contributed by atoms with E-state index in [-0.39, 0.29) is 10.6 Å². The van der Waals surface area contributed by atoms with E-state index in [0.29, 0.717) is 16.7 Å². The summed E-state index contributed by atoms with van der Waals surface area (Å²) in [6.07, 6.45) is 8.06. The molecule has 10 heteroatoms. The first-order valence-electron chi connectivity index (χ1n) is 8.42. The molecule has 0 unspecified atom stereocenters. The molecule has 4 aromatic rings. The minimum absolute atomic E-state index is 0.172. The van der Waals surface area contributed by atoms with Gasteiger partial charge in [-0.1, -0.05) is 0 Å². The molecular formula is C19H15N5O4S. The van der Waals surface area contributed by atoms with Crippen molar-refractivity contribution in [3.8, 4) is 17.1 Å². The van der Waals surface area contributed by atoms with Crippen molar-refractivity contribution in [2.45, 2.75) is 4.90 Å². The van der Waals surface area contributed by atoms with E-state index in [2.05, 4.69) is 20.4 Å². The first-order valence-corrected chi connectivity index (χ1v) is 10.3. The van der Waals surface area contributed by atoms with Crippen molar-refractivity contribution in [2.75, 3.05) is 11.7 Å². The van der Waals surface area contributed by atoms with Gasteiger partial charge >= 0.3 is 6.09 Å². The Kier molecular flexibility index (Phi) is 4.69. The van der Waals surface area contributed by atoms with Crippen LogP contribution in [-0.2, 0) is 9.84 Å². The highest BCUT2D eigenvalue weighted by atomic mass is 32.2. The third-order valence-electron chi connectivity index (χ3n) is 4.06. The third-order valence-corrected chi connectivity index (χ3v) is 5.17. The Morgan fingerprint density at radius 1 is 1.10 bits per heavy atom. The van der Waals surface area contributed by atoms with Crippen LogP contribution >= 0.6 is 0 Å². The van der Waals surface area contributed by atoms with Crippen molar-refractivity contribution in [1.29, 1.82) is 0 Å². The van der Waals surface area contributed by atoms with Gasteiger partial charge in [-0.3, -0.25) is 9.66 Å². The normalized spacial score (nSPS) is 11.3. The Hall–Kier alpha value is -3.79. The van der Waals surface area contributed by atoms with E-state index in [0.717, 1.165) is 11.8 Å². The van der Waals surface area contributed by atoms with Crippen molar-refractivity contribution >= 4 is 26.8 Å². The maximum atomic E-state index is 12.2. The van der Waals surface area contributed by atoms with E-state index in [9.17, 15) is 13.2 Å². The molecule has 3 heterocycles. The van der Waals surface area contributed by atoms with Crippen molar-refractivity contribution < 1.29 is 17.9 Å². The number of ether oxygens (including phenoxy) is 1. The number of nitrogens with one attached hydrogen (secondary N) is 1. The maximum Gasteiger partial charge on any atom is 0.432 e. The monoisotopic (exact) mass is 409 g/mol. The Morgan fingerprint density at radius 2 is 1.90 bits per heavy atom. The first-order chi connectivity index (χ1) is 13.9. The standard InChI is InChI=1S/C19H15N5O4S/c1-29(26,27)16-4-5-17-13(9-16)6-8-24(17)23-19(25)28-15-11-21-18(22-12-15)14-3-2-7-20-10-14/h2-12H,1H3,(H,23,25). The number of rotatable bonds is 4. The van der Waals surface area contributed by atoms with Gasteiger partial charge in [0.1, 0.15) is 0 Å². The third kappa shape index (κ3) is 4.06. The van der Waals surface area contributed by atoms with Gasteiger partial charge in [0.05, 0.1) is 22.8 Å². The van der Waals surface area contributed by atoms with Crippen LogP contribution in [0.4, 0.5) is 4.79 Å². The number of carbonyl (C=O) groups excluding carboxylic acids is 1. The van der Waals surface area contributed by atoms with E-state index in [1.807, 2.05) is 6.07 Å². The summed E-state index contributed by atoms with van der Waals surface area (Å²) >= 11 is 0. The number of fused-ring (bicyclic) bond motifs is 1.